The molecule has 0 unspecified atom stereocenters. The highest BCUT2D eigenvalue weighted by molar-refractivity contribution is 7.92. The molecule has 3 aromatic rings. The van der Waals surface area contributed by atoms with Crippen molar-refractivity contribution in [3.8, 4) is 0 Å². The molecule has 6 heteroatoms. The van der Waals surface area contributed by atoms with E-state index in [2.05, 4.69) is 5.32 Å². The lowest BCUT2D eigenvalue weighted by Crippen LogP contribution is -2.47. The number of carbonyl (C=O) groups is 1. The topological polar surface area (TPSA) is 66.5 Å². The molecule has 0 fully saturated rings. The summed E-state index contributed by atoms with van der Waals surface area (Å²) in [7, 11) is -3.67. The minimum atomic E-state index is -3.67. The van der Waals surface area contributed by atoms with Crippen molar-refractivity contribution in [3.05, 3.63) is 71.8 Å². The van der Waals surface area contributed by atoms with Crippen LogP contribution in [0.3, 0.4) is 0 Å². The summed E-state index contributed by atoms with van der Waals surface area (Å²) in [5.74, 6) is -0.354. The maximum atomic E-state index is 13.2. The van der Waals surface area contributed by atoms with Gasteiger partial charge in [0.05, 0.1) is 11.9 Å². The highest BCUT2D eigenvalue weighted by Crippen LogP contribution is 2.27. The van der Waals surface area contributed by atoms with Crippen LogP contribution in [0.15, 0.2) is 60.7 Å². The maximum absolute atomic E-state index is 13.2. The first-order valence-corrected chi connectivity index (χ1v) is 11.4. The van der Waals surface area contributed by atoms with Gasteiger partial charge in [0.2, 0.25) is 15.9 Å². The number of nitrogens with zero attached hydrogens (tertiary/aromatic N) is 1. The average molecular weight is 411 g/mol. The molecule has 0 aliphatic heterocycles. The summed E-state index contributed by atoms with van der Waals surface area (Å²) in [6.45, 7) is 5.71. The molecule has 0 aliphatic carbocycles. The minimum absolute atomic E-state index is 0.344. The smallest absolute Gasteiger partial charge is 0.248 e. The predicted octanol–water partition coefficient (Wildman–Crippen LogP) is 4.64. The Morgan fingerprint density at radius 3 is 2.34 bits per heavy atom. The minimum Gasteiger partial charge on any atom is -0.324 e. The van der Waals surface area contributed by atoms with Crippen LogP contribution in [0.25, 0.3) is 10.8 Å². The van der Waals surface area contributed by atoms with Gasteiger partial charge < -0.3 is 5.32 Å². The van der Waals surface area contributed by atoms with Gasteiger partial charge in [-0.3, -0.25) is 9.10 Å². The summed E-state index contributed by atoms with van der Waals surface area (Å²) < 4.78 is 26.5. The van der Waals surface area contributed by atoms with E-state index < -0.39 is 16.1 Å². The second-order valence-electron chi connectivity index (χ2n) is 7.27. The fraction of sp³-hybridized carbons (Fsp3) is 0.261. The number of rotatable bonds is 6. The third-order valence-electron chi connectivity index (χ3n) is 5.12. The molecule has 5 nitrogen and oxygen atoms in total. The van der Waals surface area contributed by atoms with Crippen LogP contribution in [0.5, 0.6) is 0 Å². The fourth-order valence-corrected chi connectivity index (χ4v) is 4.68. The van der Waals surface area contributed by atoms with Crippen LogP contribution in [0.2, 0.25) is 0 Å². The number of aryl methyl sites for hydroxylation is 2. The van der Waals surface area contributed by atoms with Crippen LogP contribution in [0, 0.1) is 13.8 Å². The van der Waals surface area contributed by atoms with Gasteiger partial charge in [-0.15, -0.1) is 0 Å². The number of hydrogen-bond donors (Lipinski definition) is 1. The molecule has 0 saturated carbocycles. The lowest BCUT2D eigenvalue weighted by atomic mass is 10.1. The zero-order valence-corrected chi connectivity index (χ0v) is 18.0. The molecule has 0 aromatic heterocycles. The highest BCUT2D eigenvalue weighted by Gasteiger charge is 2.31. The number of hydrogen-bond acceptors (Lipinski definition) is 3. The Labute approximate surface area is 172 Å². The van der Waals surface area contributed by atoms with Crippen LogP contribution < -0.4 is 9.62 Å². The molecule has 1 N–H and O–H groups in total. The zero-order valence-electron chi connectivity index (χ0n) is 17.1. The first-order chi connectivity index (χ1) is 13.7. The van der Waals surface area contributed by atoms with Gasteiger partial charge in [-0.2, -0.15) is 0 Å². The monoisotopic (exact) mass is 410 g/mol. The van der Waals surface area contributed by atoms with E-state index in [1.165, 1.54) is 4.31 Å². The molecule has 0 spiro atoms. The Bertz CT molecular complexity index is 1150. The van der Waals surface area contributed by atoms with E-state index in [4.69, 9.17) is 0 Å². The van der Waals surface area contributed by atoms with Crippen molar-refractivity contribution in [1.82, 2.24) is 0 Å². The first kappa shape index (κ1) is 20.9. The molecule has 0 saturated heterocycles. The van der Waals surface area contributed by atoms with Gasteiger partial charge >= 0.3 is 0 Å². The third-order valence-corrected chi connectivity index (χ3v) is 6.30. The first-order valence-electron chi connectivity index (χ1n) is 9.57. The van der Waals surface area contributed by atoms with Crippen molar-refractivity contribution >= 4 is 38.1 Å². The van der Waals surface area contributed by atoms with E-state index in [0.717, 1.165) is 28.2 Å². The molecule has 3 aromatic carbocycles. The van der Waals surface area contributed by atoms with Crippen molar-refractivity contribution in [3.63, 3.8) is 0 Å². The van der Waals surface area contributed by atoms with Gasteiger partial charge in [0.25, 0.3) is 0 Å². The van der Waals surface area contributed by atoms with Crippen LogP contribution in [-0.4, -0.2) is 26.6 Å². The Balaban J connectivity index is 2.00. The predicted molar refractivity (Wildman–Crippen MR) is 120 cm³/mol. The Morgan fingerprint density at radius 2 is 1.69 bits per heavy atom. The Hall–Kier alpha value is -2.86. The molecule has 1 amide bonds. The quantitative estimate of drug-likeness (QED) is 0.644. The van der Waals surface area contributed by atoms with E-state index >= 15 is 0 Å². The van der Waals surface area contributed by atoms with E-state index in [0.29, 0.717) is 17.8 Å². The molecule has 0 bridgehead atoms. The Kier molecular flexibility index (Phi) is 5.94. The SMILES string of the molecule is CC[C@H](C(=O)Nc1cccc2ccccc12)N(c1ccc(C)c(C)c1)S(C)(=O)=O. The average Bonchev–Trinajstić information content (AvgIpc) is 2.67. The molecule has 29 heavy (non-hydrogen) atoms. The molecule has 1 atom stereocenters. The summed E-state index contributed by atoms with van der Waals surface area (Å²) in [4.78, 5) is 13.2. The van der Waals surface area contributed by atoms with Crippen LogP contribution in [-0.2, 0) is 14.8 Å². The Morgan fingerprint density at radius 1 is 1.00 bits per heavy atom. The molecule has 0 heterocycles. The number of nitrogens with one attached hydrogen (secondary N) is 1. The van der Waals surface area contributed by atoms with Gasteiger partial charge in [-0.1, -0.05) is 49.4 Å². The summed E-state index contributed by atoms with van der Waals surface area (Å²) >= 11 is 0. The maximum Gasteiger partial charge on any atom is 0.248 e. The normalized spacial score (nSPS) is 12.6. The molecule has 0 radical (unpaired) electrons. The summed E-state index contributed by atoms with van der Waals surface area (Å²) in [6, 6.07) is 18.0. The molecule has 3 rings (SSSR count). The second-order valence-corrected chi connectivity index (χ2v) is 9.13. The molecule has 0 aliphatic rings. The molecular weight excluding hydrogens is 384 g/mol. The fourth-order valence-electron chi connectivity index (χ4n) is 3.47. The lowest BCUT2D eigenvalue weighted by molar-refractivity contribution is -0.117. The van der Waals surface area contributed by atoms with Crippen LogP contribution in [0.4, 0.5) is 11.4 Å². The van der Waals surface area contributed by atoms with Crippen LogP contribution >= 0.6 is 0 Å². The zero-order chi connectivity index (χ0) is 21.2. The number of amides is 1. The van der Waals surface area contributed by atoms with Gasteiger partial charge in [0.1, 0.15) is 6.04 Å². The summed E-state index contributed by atoms with van der Waals surface area (Å²) in [6.07, 6.45) is 1.48. The van der Waals surface area contributed by atoms with Crippen molar-refractivity contribution < 1.29 is 13.2 Å². The van der Waals surface area contributed by atoms with E-state index in [1.807, 2.05) is 75.4 Å². The number of benzene rings is 3. The standard InChI is InChI=1S/C23H26N2O3S/c1-5-22(25(29(4,27)28)19-14-13-16(2)17(3)15-19)23(26)24-21-12-8-10-18-9-6-7-11-20(18)21/h6-15,22H,5H2,1-4H3,(H,24,26)/t22-/m1/s1. The van der Waals surface area contributed by atoms with Crippen LogP contribution in [0.1, 0.15) is 24.5 Å². The summed E-state index contributed by atoms with van der Waals surface area (Å²) in [5, 5.41) is 4.86. The van der Waals surface area contributed by atoms with Gasteiger partial charge in [-0.25, -0.2) is 8.42 Å². The van der Waals surface area contributed by atoms with Crippen molar-refractivity contribution in [2.45, 2.75) is 33.2 Å². The number of carbonyl (C=O) groups excluding carboxylic acids is 1. The number of fused-ring (bicyclic) bond motifs is 1. The third kappa shape index (κ3) is 4.43. The molecule has 152 valence electrons. The number of anilines is 2. The largest absolute Gasteiger partial charge is 0.324 e. The molecular formula is C23H26N2O3S. The number of sulfonamides is 1. The van der Waals surface area contributed by atoms with E-state index in [1.54, 1.807) is 6.07 Å². The van der Waals surface area contributed by atoms with E-state index in [-0.39, 0.29) is 5.91 Å². The van der Waals surface area contributed by atoms with Gasteiger partial charge in [0.15, 0.2) is 0 Å². The van der Waals surface area contributed by atoms with Crippen molar-refractivity contribution in [2.75, 3.05) is 15.9 Å². The van der Waals surface area contributed by atoms with Crippen molar-refractivity contribution in [1.29, 1.82) is 0 Å². The summed E-state index contributed by atoms with van der Waals surface area (Å²) in [5.41, 5.74) is 3.20. The van der Waals surface area contributed by atoms with Gasteiger partial charge in [0, 0.05) is 11.1 Å². The van der Waals surface area contributed by atoms with Crippen molar-refractivity contribution in [2.24, 2.45) is 0 Å². The van der Waals surface area contributed by atoms with Gasteiger partial charge in [-0.05, 0) is 55.0 Å². The highest BCUT2D eigenvalue weighted by atomic mass is 32.2. The lowest BCUT2D eigenvalue weighted by Gasteiger charge is -2.30. The second kappa shape index (κ2) is 8.25. The van der Waals surface area contributed by atoms with E-state index in [9.17, 15) is 13.2 Å².